The molecule has 1 unspecified atom stereocenters. The van der Waals surface area contributed by atoms with Crippen molar-refractivity contribution in [1.82, 2.24) is 4.67 Å². The molecule has 0 aromatic carbocycles. The first kappa shape index (κ1) is 16.0. The minimum atomic E-state index is -2.93. The molecule has 7 heteroatoms. The second-order valence-corrected chi connectivity index (χ2v) is 6.73. The highest BCUT2D eigenvalue weighted by Gasteiger charge is 2.29. The molecular weight excluding hydrogens is 279 g/mol. The van der Waals surface area contributed by atoms with E-state index in [1.807, 2.05) is 6.92 Å². The van der Waals surface area contributed by atoms with Crippen LogP contribution in [0.2, 0.25) is 0 Å². The van der Waals surface area contributed by atoms with E-state index in [2.05, 4.69) is 0 Å². The van der Waals surface area contributed by atoms with E-state index in [0.29, 0.717) is 31.5 Å². The summed E-state index contributed by atoms with van der Waals surface area (Å²) in [6, 6.07) is 0. The van der Waals surface area contributed by atoms with E-state index in [1.54, 1.807) is 4.67 Å². The van der Waals surface area contributed by atoms with Crippen LogP contribution >= 0.6 is 42.3 Å². The van der Waals surface area contributed by atoms with Gasteiger partial charge in [0.2, 0.25) is 0 Å². The molecule has 0 saturated carbocycles. The summed E-state index contributed by atoms with van der Waals surface area (Å²) < 4.78 is 19.3. The third-order valence-corrected chi connectivity index (χ3v) is 5.16. The van der Waals surface area contributed by atoms with Gasteiger partial charge in [0.1, 0.15) is 5.62 Å². The fourth-order valence-corrected chi connectivity index (χ4v) is 4.00. The summed E-state index contributed by atoms with van der Waals surface area (Å²) in [5.41, 5.74) is -0.0270. The van der Waals surface area contributed by atoms with Crippen LogP contribution in [0, 0.1) is 0 Å². The first-order chi connectivity index (χ1) is 7.14. The highest BCUT2D eigenvalue weighted by Crippen LogP contribution is 2.51. The van der Waals surface area contributed by atoms with Crippen LogP contribution < -0.4 is 0 Å². The Morgan fingerprint density at radius 3 is 2.07 bits per heavy atom. The van der Waals surface area contributed by atoms with Crippen LogP contribution in [0.5, 0.6) is 0 Å². The molecule has 0 aliphatic rings. The minimum Gasteiger partial charge on any atom is -0.317 e. The van der Waals surface area contributed by atoms with Crippen molar-refractivity contribution >= 4 is 42.3 Å². The Morgan fingerprint density at radius 2 is 1.73 bits per heavy atom. The topological polar surface area (TPSA) is 29.5 Å². The zero-order valence-corrected chi connectivity index (χ0v) is 12.0. The molecular formula is C8H17Cl3NO2P. The summed E-state index contributed by atoms with van der Waals surface area (Å²) >= 11 is 16.9. The predicted molar refractivity (Wildman–Crippen MR) is 67.6 cm³/mol. The molecule has 0 aromatic heterocycles. The maximum Gasteiger partial charge on any atom is 0.286 e. The van der Waals surface area contributed by atoms with Crippen LogP contribution in [0.15, 0.2) is 0 Å². The molecule has 0 spiro atoms. The number of hydrogen-bond donors (Lipinski definition) is 0. The van der Waals surface area contributed by atoms with Crippen LogP contribution in [0.1, 0.15) is 13.3 Å². The third-order valence-electron chi connectivity index (χ3n) is 1.76. The van der Waals surface area contributed by atoms with Gasteiger partial charge in [-0.15, -0.1) is 34.8 Å². The molecule has 0 fully saturated rings. The van der Waals surface area contributed by atoms with E-state index in [-0.39, 0.29) is 5.62 Å². The fraction of sp³-hybridized carbons (Fsp3) is 1.00. The number of halogens is 3. The van der Waals surface area contributed by atoms with E-state index in [1.165, 1.54) is 0 Å². The quantitative estimate of drug-likeness (QED) is 0.481. The van der Waals surface area contributed by atoms with Gasteiger partial charge in [-0.1, -0.05) is 6.92 Å². The van der Waals surface area contributed by atoms with Crippen molar-refractivity contribution in [2.45, 2.75) is 13.3 Å². The van der Waals surface area contributed by atoms with E-state index in [4.69, 9.17) is 39.3 Å². The fourth-order valence-electron chi connectivity index (χ4n) is 1.04. The summed E-state index contributed by atoms with van der Waals surface area (Å²) in [6.07, 6.45) is 0.802. The van der Waals surface area contributed by atoms with Crippen LogP contribution in [-0.2, 0) is 9.09 Å². The lowest BCUT2D eigenvalue weighted by Crippen LogP contribution is -2.26. The van der Waals surface area contributed by atoms with E-state index >= 15 is 0 Å². The molecule has 1 atom stereocenters. The van der Waals surface area contributed by atoms with Crippen molar-refractivity contribution in [3.05, 3.63) is 0 Å². The van der Waals surface area contributed by atoms with Crippen molar-refractivity contribution in [2.75, 3.05) is 37.1 Å². The van der Waals surface area contributed by atoms with Gasteiger partial charge in [-0.2, -0.15) is 0 Å². The molecule has 3 nitrogen and oxygen atoms in total. The van der Waals surface area contributed by atoms with Crippen LogP contribution in [0.3, 0.4) is 0 Å². The highest BCUT2D eigenvalue weighted by atomic mass is 35.5. The number of nitrogens with zero attached hydrogens (tertiary/aromatic N) is 1. The van der Waals surface area contributed by atoms with E-state index in [0.717, 1.165) is 6.42 Å². The molecule has 92 valence electrons. The Labute approximate surface area is 107 Å². The SMILES string of the molecule is CCCOP(=O)(CCl)N(CCCl)CCCl. The molecule has 0 N–H and O–H groups in total. The second-order valence-electron chi connectivity index (χ2n) is 2.92. The van der Waals surface area contributed by atoms with Crippen LogP contribution in [0.25, 0.3) is 0 Å². The van der Waals surface area contributed by atoms with Gasteiger partial charge in [-0.3, -0.25) is 4.57 Å². The maximum atomic E-state index is 12.3. The molecule has 0 aromatic rings. The Balaban J connectivity index is 4.46. The van der Waals surface area contributed by atoms with Gasteiger partial charge in [-0.05, 0) is 6.42 Å². The maximum absolute atomic E-state index is 12.3. The Bertz CT molecular complexity index is 200. The van der Waals surface area contributed by atoms with Gasteiger partial charge >= 0.3 is 0 Å². The summed E-state index contributed by atoms with van der Waals surface area (Å²) in [5.74, 6) is 0.764. The van der Waals surface area contributed by atoms with Gasteiger partial charge < -0.3 is 4.52 Å². The van der Waals surface area contributed by atoms with E-state index in [9.17, 15) is 4.57 Å². The molecule has 15 heavy (non-hydrogen) atoms. The van der Waals surface area contributed by atoms with Crippen molar-refractivity contribution in [3.63, 3.8) is 0 Å². The van der Waals surface area contributed by atoms with Crippen molar-refractivity contribution in [3.8, 4) is 0 Å². The first-order valence-corrected chi connectivity index (χ1v) is 8.18. The lowest BCUT2D eigenvalue weighted by Gasteiger charge is -2.28. The molecule has 0 radical (unpaired) electrons. The lowest BCUT2D eigenvalue weighted by atomic mass is 10.5. The molecule has 0 amide bonds. The van der Waals surface area contributed by atoms with Crippen molar-refractivity contribution in [2.24, 2.45) is 0 Å². The average Bonchev–Trinajstić information content (AvgIpc) is 2.25. The summed E-state index contributed by atoms with van der Waals surface area (Å²) in [6.45, 7) is 3.33. The third kappa shape index (κ3) is 5.76. The second kappa shape index (κ2) is 9.09. The summed E-state index contributed by atoms with van der Waals surface area (Å²) in [7, 11) is -2.93. The first-order valence-electron chi connectivity index (χ1n) is 4.81. The zero-order chi connectivity index (χ0) is 11.7. The van der Waals surface area contributed by atoms with Gasteiger partial charge in [0.05, 0.1) is 6.61 Å². The van der Waals surface area contributed by atoms with Gasteiger partial charge in [-0.25, -0.2) is 4.67 Å². The average molecular weight is 297 g/mol. The molecule has 0 aliphatic heterocycles. The number of alkyl halides is 3. The summed E-state index contributed by atoms with van der Waals surface area (Å²) in [5, 5.41) is 0. The normalized spacial score (nSPS) is 15.5. The lowest BCUT2D eigenvalue weighted by molar-refractivity contribution is 0.269. The smallest absolute Gasteiger partial charge is 0.286 e. The largest absolute Gasteiger partial charge is 0.317 e. The summed E-state index contributed by atoms with van der Waals surface area (Å²) in [4.78, 5) is 0. The highest BCUT2D eigenvalue weighted by molar-refractivity contribution is 7.58. The van der Waals surface area contributed by atoms with Crippen LogP contribution in [0.4, 0.5) is 0 Å². The minimum absolute atomic E-state index is 0.0270. The predicted octanol–water partition coefficient (Wildman–Crippen LogP) is 3.58. The Hall–Kier alpha value is 1.02. The number of hydrogen-bond acceptors (Lipinski definition) is 2. The standard InChI is InChI=1S/C8H17Cl3NO2P/c1-2-7-14-15(13,8-11)12(5-3-9)6-4-10/h2-8H2,1H3. The Kier molecular flexibility index (Phi) is 9.71. The van der Waals surface area contributed by atoms with Gasteiger partial charge in [0.25, 0.3) is 7.52 Å². The van der Waals surface area contributed by atoms with Crippen LogP contribution in [-0.4, -0.2) is 41.7 Å². The number of rotatable bonds is 9. The Morgan fingerprint density at radius 1 is 1.20 bits per heavy atom. The molecule has 0 rings (SSSR count). The van der Waals surface area contributed by atoms with Crippen molar-refractivity contribution < 1.29 is 9.09 Å². The monoisotopic (exact) mass is 295 g/mol. The van der Waals surface area contributed by atoms with Gasteiger partial charge in [0, 0.05) is 24.8 Å². The van der Waals surface area contributed by atoms with Gasteiger partial charge in [0.15, 0.2) is 0 Å². The van der Waals surface area contributed by atoms with E-state index < -0.39 is 7.52 Å². The molecule has 0 heterocycles. The van der Waals surface area contributed by atoms with Crippen molar-refractivity contribution in [1.29, 1.82) is 0 Å². The molecule has 0 aliphatic carbocycles. The molecule has 0 bridgehead atoms. The molecule has 0 saturated heterocycles. The zero-order valence-electron chi connectivity index (χ0n) is 8.79.